The van der Waals surface area contributed by atoms with Crippen molar-refractivity contribution in [1.82, 2.24) is 14.8 Å². The lowest BCUT2D eigenvalue weighted by Crippen LogP contribution is -1.93. The zero-order valence-electron chi connectivity index (χ0n) is 10.9. The molecule has 0 saturated carbocycles. The quantitative estimate of drug-likeness (QED) is 0.803. The Morgan fingerprint density at radius 2 is 2.00 bits per heavy atom. The molecule has 0 unspecified atom stereocenters. The van der Waals surface area contributed by atoms with E-state index in [0.29, 0.717) is 5.01 Å². The van der Waals surface area contributed by atoms with Gasteiger partial charge in [0.15, 0.2) is 0 Å². The number of carboxylic acids is 1. The molecule has 1 N–H and O–H groups in total. The average Bonchev–Trinajstić information content (AvgIpc) is 3.15. The van der Waals surface area contributed by atoms with Gasteiger partial charge in [-0.1, -0.05) is 18.2 Å². The molecule has 0 spiro atoms. The molecule has 6 heteroatoms. The Bertz CT molecular complexity index is 790. The number of carbonyl (C=O) groups is 1. The Kier molecular flexibility index (Phi) is 3.61. The number of hydrogen-bond donors (Lipinski definition) is 1. The van der Waals surface area contributed by atoms with Gasteiger partial charge in [-0.2, -0.15) is 5.10 Å². The van der Waals surface area contributed by atoms with Crippen LogP contribution in [0.1, 0.15) is 20.4 Å². The van der Waals surface area contributed by atoms with Crippen LogP contribution in [0, 0.1) is 0 Å². The molecule has 0 amide bonds. The number of carboxylic acid groups (broad SMARTS) is 1. The first kappa shape index (κ1) is 13.3. The highest BCUT2D eigenvalue weighted by atomic mass is 32.1. The van der Waals surface area contributed by atoms with Gasteiger partial charge in [-0.15, -0.1) is 11.3 Å². The monoisotopic (exact) mass is 297 g/mol. The molecule has 0 saturated heterocycles. The molecule has 0 bridgehead atoms. The van der Waals surface area contributed by atoms with E-state index in [0.717, 1.165) is 22.7 Å². The maximum absolute atomic E-state index is 10.8. The van der Waals surface area contributed by atoms with Gasteiger partial charge in [0, 0.05) is 6.20 Å². The molecule has 0 atom stereocenters. The molecule has 0 radical (unpaired) electrons. The lowest BCUT2D eigenvalue weighted by Gasteiger charge is -1.98. The van der Waals surface area contributed by atoms with Crippen molar-refractivity contribution in [3.8, 4) is 5.69 Å². The molecule has 0 aliphatic carbocycles. The van der Waals surface area contributed by atoms with E-state index in [2.05, 4.69) is 10.1 Å². The molecule has 21 heavy (non-hydrogen) atoms. The van der Waals surface area contributed by atoms with Crippen LogP contribution in [0.3, 0.4) is 0 Å². The lowest BCUT2D eigenvalue weighted by molar-refractivity contribution is 0.0702. The fourth-order valence-electron chi connectivity index (χ4n) is 1.77. The summed E-state index contributed by atoms with van der Waals surface area (Å²) in [6.07, 6.45) is 6.80. The van der Waals surface area contributed by atoms with Crippen molar-refractivity contribution < 1.29 is 9.90 Å². The van der Waals surface area contributed by atoms with Gasteiger partial charge >= 0.3 is 5.97 Å². The van der Waals surface area contributed by atoms with E-state index in [1.54, 1.807) is 10.8 Å². The summed E-state index contributed by atoms with van der Waals surface area (Å²) in [5.74, 6) is -0.958. The summed E-state index contributed by atoms with van der Waals surface area (Å²) in [4.78, 5) is 15.0. The molecular weight excluding hydrogens is 286 g/mol. The van der Waals surface area contributed by atoms with Gasteiger partial charge in [-0.25, -0.2) is 14.5 Å². The summed E-state index contributed by atoms with van der Waals surface area (Å²) < 4.78 is 1.78. The fourth-order valence-corrected chi connectivity index (χ4v) is 2.43. The predicted molar refractivity (Wildman–Crippen MR) is 81.6 cm³/mol. The highest BCUT2D eigenvalue weighted by Crippen LogP contribution is 2.16. The second kappa shape index (κ2) is 5.72. The highest BCUT2D eigenvalue weighted by Gasteiger charge is 2.06. The van der Waals surface area contributed by atoms with E-state index >= 15 is 0 Å². The van der Waals surface area contributed by atoms with Crippen LogP contribution in [0.4, 0.5) is 0 Å². The number of thiazole rings is 1. The van der Waals surface area contributed by atoms with Crippen molar-refractivity contribution in [3.63, 3.8) is 0 Å². The van der Waals surface area contributed by atoms with Crippen molar-refractivity contribution in [2.45, 2.75) is 0 Å². The second-order valence-corrected chi connectivity index (χ2v) is 5.28. The third-order valence-electron chi connectivity index (χ3n) is 2.76. The molecular formula is C15H11N3O2S. The molecule has 3 rings (SSSR count). The molecule has 0 aliphatic heterocycles. The van der Waals surface area contributed by atoms with Gasteiger partial charge in [0.05, 0.1) is 17.6 Å². The number of benzene rings is 1. The zero-order chi connectivity index (χ0) is 14.7. The topological polar surface area (TPSA) is 68.0 Å². The molecule has 1 aromatic carbocycles. The first-order valence-corrected chi connectivity index (χ1v) is 7.02. The summed E-state index contributed by atoms with van der Waals surface area (Å²) in [5, 5.41) is 13.9. The predicted octanol–water partition coefficient (Wildman–Crippen LogP) is 3.20. The second-order valence-electron chi connectivity index (χ2n) is 4.22. The number of rotatable bonds is 4. The third-order valence-corrected chi connectivity index (χ3v) is 3.71. The van der Waals surface area contributed by atoms with Crippen LogP contribution in [0.15, 0.2) is 48.8 Å². The normalized spacial score (nSPS) is 11.0. The summed E-state index contributed by atoms with van der Waals surface area (Å²) in [7, 11) is 0. The van der Waals surface area contributed by atoms with Crippen molar-refractivity contribution >= 4 is 29.5 Å². The first-order chi connectivity index (χ1) is 10.2. The number of aromatic carboxylic acids is 1. The minimum Gasteiger partial charge on any atom is -0.477 e. The third kappa shape index (κ3) is 3.06. The van der Waals surface area contributed by atoms with E-state index in [-0.39, 0.29) is 4.88 Å². The van der Waals surface area contributed by atoms with Crippen molar-refractivity contribution in [3.05, 3.63) is 64.4 Å². The summed E-state index contributed by atoms with van der Waals surface area (Å²) in [6.45, 7) is 0. The number of para-hydroxylation sites is 1. The Morgan fingerprint density at radius 3 is 2.71 bits per heavy atom. The molecule has 0 fully saturated rings. The molecule has 3 aromatic rings. The Balaban J connectivity index is 1.77. The smallest absolute Gasteiger partial charge is 0.347 e. The van der Waals surface area contributed by atoms with Gasteiger partial charge in [0.2, 0.25) is 0 Å². The fraction of sp³-hybridized carbons (Fsp3) is 0. The SMILES string of the molecule is O=C(O)c1cnc(/C=C/c2ccn(-c3ccccc3)n2)s1. The molecule has 2 heterocycles. The number of hydrogen-bond acceptors (Lipinski definition) is 4. The van der Waals surface area contributed by atoms with Gasteiger partial charge in [-0.3, -0.25) is 0 Å². The standard InChI is InChI=1S/C15H11N3O2S/c19-15(20)13-10-16-14(21-13)7-6-11-8-9-18(17-11)12-4-2-1-3-5-12/h1-10H,(H,19,20)/b7-6+. The maximum Gasteiger partial charge on any atom is 0.347 e. The summed E-state index contributed by atoms with van der Waals surface area (Å²) in [5.41, 5.74) is 1.77. The Morgan fingerprint density at radius 1 is 1.19 bits per heavy atom. The largest absolute Gasteiger partial charge is 0.477 e. The van der Waals surface area contributed by atoms with Crippen LogP contribution in [-0.4, -0.2) is 25.8 Å². The zero-order valence-corrected chi connectivity index (χ0v) is 11.7. The minimum absolute atomic E-state index is 0.226. The molecule has 0 aliphatic rings. The van der Waals surface area contributed by atoms with Gasteiger partial charge in [-0.05, 0) is 30.4 Å². The van der Waals surface area contributed by atoms with E-state index < -0.39 is 5.97 Å². The van der Waals surface area contributed by atoms with E-state index in [1.807, 2.05) is 48.7 Å². The average molecular weight is 297 g/mol. The number of nitrogens with zero attached hydrogens (tertiary/aromatic N) is 3. The summed E-state index contributed by atoms with van der Waals surface area (Å²) >= 11 is 1.13. The van der Waals surface area contributed by atoms with Gasteiger partial charge in [0.1, 0.15) is 9.88 Å². The van der Waals surface area contributed by atoms with E-state index in [9.17, 15) is 4.79 Å². The van der Waals surface area contributed by atoms with Crippen LogP contribution < -0.4 is 0 Å². The van der Waals surface area contributed by atoms with Crippen molar-refractivity contribution in [1.29, 1.82) is 0 Å². The minimum atomic E-state index is -0.958. The van der Waals surface area contributed by atoms with Gasteiger partial charge < -0.3 is 5.11 Å². The summed E-state index contributed by atoms with van der Waals surface area (Å²) in [6, 6.07) is 11.7. The molecule has 5 nitrogen and oxygen atoms in total. The van der Waals surface area contributed by atoms with Crippen LogP contribution in [0.2, 0.25) is 0 Å². The van der Waals surface area contributed by atoms with E-state index in [4.69, 9.17) is 5.11 Å². The lowest BCUT2D eigenvalue weighted by atomic mass is 10.3. The highest BCUT2D eigenvalue weighted by molar-refractivity contribution is 7.14. The van der Waals surface area contributed by atoms with Crippen LogP contribution in [0.25, 0.3) is 17.8 Å². The van der Waals surface area contributed by atoms with Crippen molar-refractivity contribution in [2.24, 2.45) is 0 Å². The Labute approximate surface area is 124 Å². The molecule has 2 aromatic heterocycles. The Hall–Kier alpha value is -2.73. The van der Waals surface area contributed by atoms with Crippen LogP contribution in [-0.2, 0) is 0 Å². The van der Waals surface area contributed by atoms with E-state index in [1.165, 1.54) is 6.20 Å². The van der Waals surface area contributed by atoms with Crippen LogP contribution in [0.5, 0.6) is 0 Å². The van der Waals surface area contributed by atoms with Gasteiger partial charge in [0.25, 0.3) is 0 Å². The maximum atomic E-state index is 10.8. The number of aromatic nitrogens is 3. The first-order valence-electron chi connectivity index (χ1n) is 6.21. The molecule has 104 valence electrons. The van der Waals surface area contributed by atoms with Crippen LogP contribution >= 0.6 is 11.3 Å². The van der Waals surface area contributed by atoms with Crippen molar-refractivity contribution in [2.75, 3.05) is 0 Å².